The first-order chi connectivity index (χ1) is 5.41. The zero-order valence-corrected chi connectivity index (χ0v) is 6.09. The maximum atomic E-state index is 11.9. The van der Waals surface area contributed by atoms with Gasteiger partial charge in [-0.25, -0.2) is 0 Å². The fourth-order valence-corrected chi connectivity index (χ4v) is 0.684. The molecule has 3 nitrogen and oxygen atoms in total. The van der Waals surface area contributed by atoms with Crippen molar-refractivity contribution in [1.82, 2.24) is 9.78 Å². The Morgan fingerprint density at radius 2 is 2.00 bits per heavy atom. The molecule has 0 aliphatic carbocycles. The second kappa shape index (κ2) is 2.62. The zero-order chi connectivity index (χ0) is 9.35. The summed E-state index contributed by atoms with van der Waals surface area (Å²) < 4.78 is 35.3. The van der Waals surface area contributed by atoms with Crippen LogP contribution in [0, 0.1) is 6.92 Å². The summed E-state index contributed by atoms with van der Waals surface area (Å²) in [7, 11) is 0. The van der Waals surface area contributed by atoms with E-state index in [1.54, 1.807) is 0 Å². The van der Waals surface area contributed by atoms with Crippen molar-refractivity contribution in [3.05, 3.63) is 28.2 Å². The third-order valence-electron chi connectivity index (χ3n) is 1.17. The lowest BCUT2D eigenvalue weighted by atomic mass is 10.4. The van der Waals surface area contributed by atoms with Gasteiger partial charge in [0.15, 0.2) is 0 Å². The molecule has 0 amide bonds. The van der Waals surface area contributed by atoms with Crippen LogP contribution in [0.25, 0.3) is 0 Å². The average molecular weight is 178 g/mol. The van der Waals surface area contributed by atoms with Crippen LogP contribution >= 0.6 is 0 Å². The van der Waals surface area contributed by atoms with Gasteiger partial charge in [-0.1, -0.05) is 0 Å². The van der Waals surface area contributed by atoms with E-state index in [1.165, 1.54) is 13.0 Å². The van der Waals surface area contributed by atoms with Gasteiger partial charge in [0.2, 0.25) is 0 Å². The maximum Gasteiger partial charge on any atom is 0.507 e. The molecule has 0 aliphatic heterocycles. The molecule has 12 heavy (non-hydrogen) atoms. The number of nitrogens with zero attached hydrogens (tertiary/aromatic N) is 2. The summed E-state index contributed by atoms with van der Waals surface area (Å²) in [4.78, 5) is 10.6. The van der Waals surface area contributed by atoms with E-state index in [9.17, 15) is 18.0 Å². The highest BCUT2D eigenvalue weighted by Gasteiger charge is 2.33. The topological polar surface area (TPSA) is 34.9 Å². The van der Waals surface area contributed by atoms with Gasteiger partial charge < -0.3 is 0 Å². The van der Waals surface area contributed by atoms with Gasteiger partial charge in [-0.05, 0) is 13.0 Å². The van der Waals surface area contributed by atoms with Gasteiger partial charge in [-0.3, -0.25) is 4.79 Å². The Morgan fingerprint density at radius 1 is 1.42 bits per heavy atom. The van der Waals surface area contributed by atoms with Crippen LogP contribution < -0.4 is 5.56 Å². The highest BCUT2D eigenvalue weighted by molar-refractivity contribution is 4.97. The Hall–Kier alpha value is -1.33. The molecular weight excluding hydrogens is 173 g/mol. The van der Waals surface area contributed by atoms with E-state index in [0.717, 1.165) is 6.07 Å². The molecule has 0 atom stereocenters. The highest BCUT2D eigenvalue weighted by Crippen LogP contribution is 2.17. The van der Waals surface area contributed by atoms with Crippen LogP contribution in [0.1, 0.15) is 5.69 Å². The number of aryl methyl sites for hydroxylation is 1. The lowest BCUT2D eigenvalue weighted by Crippen LogP contribution is -2.32. The third kappa shape index (κ3) is 1.63. The van der Waals surface area contributed by atoms with Crippen LogP contribution in [0.2, 0.25) is 0 Å². The van der Waals surface area contributed by atoms with Crippen molar-refractivity contribution in [3.8, 4) is 0 Å². The van der Waals surface area contributed by atoms with Crippen molar-refractivity contribution in [2.45, 2.75) is 13.2 Å². The third-order valence-corrected chi connectivity index (χ3v) is 1.17. The van der Waals surface area contributed by atoms with Gasteiger partial charge >= 0.3 is 6.30 Å². The molecule has 66 valence electrons. The summed E-state index contributed by atoms with van der Waals surface area (Å²) in [5.74, 6) is 0. The zero-order valence-electron chi connectivity index (χ0n) is 6.09. The Kier molecular flexibility index (Phi) is 1.91. The van der Waals surface area contributed by atoms with Gasteiger partial charge in [-0.2, -0.15) is 5.10 Å². The molecule has 0 saturated heterocycles. The second-order valence-electron chi connectivity index (χ2n) is 2.19. The fraction of sp³-hybridized carbons (Fsp3) is 0.333. The molecule has 0 spiro atoms. The quantitative estimate of drug-likeness (QED) is 0.594. The molecule has 6 heteroatoms. The van der Waals surface area contributed by atoms with Gasteiger partial charge in [-0.15, -0.1) is 17.9 Å². The Balaban J connectivity index is 3.33. The first-order valence-corrected chi connectivity index (χ1v) is 3.05. The van der Waals surface area contributed by atoms with E-state index in [1.807, 2.05) is 0 Å². The monoisotopic (exact) mass is 178 g/mol. The van der Waals surface area contributed by atoms with Crippen LogP contribution in [-0.2, 0) is 6.30 Å². The number of halogens is 3. The van der Waals surface area contributed by atoms with Gasteiger partial charge in [0.25, 0.3) is 5.56 Å². The smallest absolute Gasteiger partial charge is 0.268 e. The van der Waals surface area contributed by atoms with Crippen LogP contribution in [-0.4, -0.2) is 9.78 Å². The first kappa shape index (κ1) is 8.76. The summed E-state index contributed by atoms with van der Waals surface area (Å²) in [6.45, 7) is 1.38. The van der Waals surface area contributed by atoms with E-state index < -0.39 is 16.5 Å². The van der Waals surface area contributed by atoms with Gasteiger partial charge in [0.05, 0.1) is 5.69 Å². The molecule has 0 aliphatic rings. The van der Waals surface area contributed by atoms with Crippen LogP contribution in [0.15, 0.2) is 16.9 Å². The predicted octanol–water partition coefficient (Wildman–Crippen LogP) is 1.03. The van der Waals surface area contributed by atoms with Gasteiger partial charge in [0, 0.05) is 6.07 Å². The normalized spacial score (nSPS) is 11.7. The van der Waals surface area contributed by atoms with Crippen molar-refractivity contribution in [2.75, 3.05) is 0 Å². The lowest BCUT2D eigenvalue weighted by molar-refractivity contribution is -0.215. The number of hydrogen-bond acceptors (Lipinski definition) is 2. The summed E-state index contributed by atoms with van der Waals surface area (Å²) >= 11 is 0. The summed E-state index contributed by atoms with van der Waals surface area (Å²) in [6, 6.07) is 2.06. The van der Waals surface area contributed by atoms with E-state index in [-0.39, 0.29) is 5.69 Å². The molecule has 0 fully saturated rings. The van der Waals surface area contributed by atoms with Crippen LogP contribution in [0.5, 0.6) is 0 Å². The van der Waals surface area contributed by atoms with Crippen molar-refractivity contribution in [2.24, 2.45) is 0 Å². The Bertz CT molecular complexity index is 341. The van der Waals surface area contributed by atoms with E-state index in [4.69, 9.17) is 0 Å². The molecular formula is C6H5F3N2O. The standard InChI is InChI=1S/C6H5F3N2O/c1-4-2-3-5(12)11(10-4)6(7,8)9/h2-3H,1H3. The first-order valence-electron chi connectivity index (χ1n) is 3.05. The molecule has 1 aromatic heterocycles. The molecule has 0 N–H and O–H groups in total. The van der Waals surface area contributed by atoms with Crippen molar-refractivity contribution >= 4 is 0 Å². The molecule has 0 aromatic carbocycles. The van der Waals surface area contributed by atoms with E-state index in [2.05, 4.69) is 5.10 Å². The highest BCUT2D eigenvalue weighted by atomic mass is 19.4. The van der Waals surface area contributed by atoms with Crippen molar-refractivity contribution in [3.63, 3.8) is 0 Å². The number of rotatable bonds is 0. The minimum absolute atomic E-state index is 0.145. The SMILES string of the molecule is Cc1ccc(=O)n(C(F)(F)F)n1. The average Bonchev–Trinajstić information content (AvgIpc) is 1.92. The molecule has 0 bridgehead atoms. The molecule has 1 heterocycles. The van der Waals surface area contributed by atoms with Gasteiger partial charge in [0.1, 0.15) is 0 Å². The molecule has 1 rings (SSSR count). The predicted molar refractivity (Wildman–Crippen MR) is 34.5 cm³/mol. The number of aromatic nitrogens is 2. The minimum atomic E-state index is -4.73. The molecule has 0 unspecified atom stereocenters. The summed E-state index contributed by atoms with van der Waals surface area (Å²) in [6.07, 6.45) is -4.73. The summed E-state index contributed by atoms with van der Waals surface area (Å²) in [5, 5.41) is 3.02. The van der Waals surface area contributed by atoms with E-state index >= 15 is 0 Å². The maximum absolute atomic E-state index is 11.9. The second-order valence-corrected chi connectivity index (χ2v) is 2.19. The largest absolute Gasteiger partial charge is 0.507 e. The summed E-state index contributed by atoms with van der Waals surface area (Å²) in [5.41, 5.74) is -1.03. The molecule has 0 radical (unpaired) electrons. The lowest BCUT2D eigenvalue weighted by Gasteiger charge is -2.07. The number of alkyl halides is 3. The Morgan fingerprint density at radius 3 is 2.42 bits per heavy atom. The van der Waals surface area contributed by atoms with Crippen molar-refractivity contribution < 1.29 is 13.2 Å². The fourth-order valence-electron chi connectivity index (χ4n) is 0.684. The van der Waals surface area contributed by atoms with E-state index in [0.29, 0.717) is 0 Å². The Labute approximate surface area is 65.4 Å². The van der Waals surface area contributed by atoms with Crippen molar-refractivity contribution in [1.29, 1.82) is 0 Å². The molecule has 1 aromatic rings. The molecule has 0 saturated carbocycles. The van der Waals surface area contributed by atoms with Crippen LogP contribution in [0.3, 0.4) is 0 Å². The minimum Gasteiger partial charge on any atom is -0.268 e. The number of hydrogen-bond donors (Lipinski definition) is 0. The van der Waals surface area contributed by atoms with Crippen LogP contribution in [0.4, 0.5) is 13.2 Å².